The number of aliphatic carboxylic acids is 1. The van der Waals surface area contributed by atoms with Crippen molar-refractivity contribution < 1.29 is 9.90 Å². The van der Waals surface area contributed by atoms with Gasteiger partial charge in [-0.1, -0.05) is 34.1 Å². The fraction of sp³-hybridized carbons (Fsp3) is 0.300. The average molecular weight is 278 g/mol. The minimum absolute atomic E-state index is 0.143. The van der Waals surface area contributed by atoms with E-state index in [1.807, 2.05) is 18.2 Å². The van der Waals surface area contributed by atoms with Crippen molar-refractivity contribution in [2.45, 2.75) is 18.7 Å². The quantitative estimate of drug-likeness (QED) is 0.858. The van der Waals surface area contributed by atoms with Crippen LogP contribution in [0, 0.1) is 0 Å². The molecule has 0 fully saturated rings. The first-order valence-electron chi connectivity index (χ1n) is 4.19. The van der Waals surface area contributed by atoms with Crippen molar-refractivity contribution in [2.24, 2.45) is 0 Å². The van der Waals surface area contributed by atoms with E-state index in [0.717, 1.165) is 15.6 Å². The molecule has 0 saturated carbocycles. The van der Waals surface area contributed by atoms with E-state index >= 15 is 0 Å². The van der Waals surface area contributed by atoms with Gasteiger partial charge in [-0.25, -0.2) is 0 Å². The highest BCUT2D eigenvalue weighted by molar-refractivity contribution is 9.10. The van der Waals surface area contributed by atoms with Crippen LogP contribution in [0.5, 0.6) is 0 Å². The number of hydrogen-bond donors (Lipinski definition) is 1. The molecule has 0 heterocycles. The van der Waals surface area contributed by atoms with Gasteiger partial charge in [-0.2, -0.15) is 0 Å². The van der Waals surface area contributed by atoms with Crippen molar-refractivity contribution in [1.82, 2.24) is 0 Å². The number of carboxylic acids is 1. The molecule has 0 saturated heterocycles. The second kappa shape index (κ2) is 5.37. The molecule has 1 rings (SSSR count). The van der Waals surface area contributed by atoms with Crippen LogP contribution in [0.25, 0.3) is 0 Å². The third-order valence-electron chi connectivity index (χ3n) is 1.91. The lowest BCUT2D eigenvalue weighted by atomic mass is 10.1. The average Bonchev–Trinajstić information content (AvgIpc) is 2.16. The molecule has 0 aliphatic heterocycles. The zero-order chi connectivity index (χ0) is 10.6. The van der Waals surface area contributed by atoms with Crippen molar-refractivity contribution >= 4 is 33.5 Å². The Morgan fingerprint density at radius 3 is 2.64 bits per heavy atom. The summed E-state index contributed by atoms with van der Waals surface area (Å²) >= 11 is 9.13. The standard InChI is InChI=1S/C10H10BrClO2/c11-10-7(4-5-9(13)14)2-1-3-8(10)6-12/h1-3H,4-6H2,(H,13,14). The van der Waals surface area contributed by atoms with E-state index in [-0.39, 0.29) is 6.42 Å². The summed E-state index contributed by atoms with van der Waals surface area (Å²) in [4.78, 5) is 10.4. The molecule has 1 aromatic rings. The summed E-state index contributed by atoms with van der Waals surface area (Å²) < 4.78 is 0.927. The summed E-state index contributed by atoms with van der Waals surface area (Å²) in [5.41, 5.74) is 1.99. The number of carbonyl (C=O) groups is 1. The number of aryl methyl sites for hydroxylation is 1. The molecule has 76 valence electrons. The molecule has 0 aromatic heterocycles. The van der Waals surface area contributed by atoms with Gasteiger partial charge in [-0.05, 0) is 17.5 Å². The Balaban J connectivity index is 2.81. The van der Waals surface area contributed by atoms with E-state index in [9.17, 15) is 4.79 Å². The molecule has 0 radical (unpaired) electrons. The van der Waals surface area contributed by atoms with Crippen LogP contribution in [-0.2, 0) is 17.1 Å². The van der Waals surface area contributed by atoms with Gasteiger partial charge >= 0.3 is 5.97 Å². The molecular formula is C10H10BrClO2. The predicted molar refractivity (Wildman–Crippen MR) is 59.7 cm³/mol. The molecule has 0 amide bonds. The first-order chi connectivity index (χ1) is 6.65. The summed E-state index contributed by atoms with van der Waals surface area (Å²) in [5, 5.41) is 8.55. The molecule has 1 N–H and O–H groups in total. The highest BCUT2D eigenvalue weighted by Gasteiger charge is 2.06. The minimum atomic E-state index is -0.784. The van der Waals surface area contributed by atoms with Crippen LogP contribution in [-0.4, -0.2) is 11.1 Å². The molecule has 2 nitrogen and oxygen atoms in total. The van der Waals surface area contributed by atoms with Gasteiger partial charge in [0, 0.05) is 16.8 Å². The van der Waals surface area contributed by atoms with Crippen LogP contribution in [0.4, 0.5) is 0 Å². The van der Waals surface area contributed by atoms with E-state index < -0.39 is 5.97 Å². The van der Waals surface area contributed by atoms with Gasteiger partial charge in [0.2, 0.25) is 0 Å². The number of rotatable bonds is 4. The van der Waals surface area contributed by atoms with Gasteiger partial charge in [-0.15, -0.1) is 11.6 Å². The molecule has 14 heavy (non-hydrogen) atoms. The summed E-state index contributed by atoms with van der Waals surface area (Å²) in [7, 11) is 0. The lowest BCUT2D eigenvalue weighted by Gasteiger charge is -2.06. The van der Waals surface area contributed by atoms with Crippen molar-refractivity contribution in [3.63, 3.8) is 0 Å². The van der Waals surface area contributed by atoms with Crippen molar-refractivity contribution in [2.75, 3.05) is 0 Å². The van der Waals surface area contributed by atoms with Crippen molar-refractivity contribution in [3.05, 3.63) is 33.8 Å². The van der Waals surface area contributed by atoms with Crippen LogP contribution in [0.3, 0.4) is 0 Å². The van der Waals surface area contributed by atoms with E-state index in [1.54, 1.807) is 0 Å². The summed E-state index contributed by atoms with van der Waals surface area (Å²) in [6.45, 7) is 0. The number of halogens is 2. The lowest BCUT2D eigenvalue weighted by Crippen LogP contribution is -1.98. The first-order valence-corrected chi connectivity index (χ1v) is 5.52. The van der Waals surface area contributed by atoms with Gasteiger partial charge in [-0.3, -0.25) is 4.79 Å². The topological polar surface area (TPSA) is 37.3 Å². The Morgan fingerprint density at radius 2 is 2.07 bits per heavy atom. The monoisotopic (exact) mass is 276 g/mol. The molecule has 0 spiro atoms. The van der Waals surface area contributed by atoms with Crippen LogP contribution in [0.15, 0.2) is 22.7 Å². The molecule has 0 aliphatic carbocycles. The minimum Gasteiger partial charge on any atom is -0.481 e. The lowest BCUT2D eigenvalue weighted by molar-refractivity contribution is -0.136. The molecule has 1 aromatic carbocycles. The molecule has 4 heteroatoms. The van der Waals surface area contributed by atoms with Gasteiger partial charge in [0.15, 0.2) is 0 Å². The Labute approximate surface area is 96.0 Å². The fourth-order valence-corrected chi connectivity index (χ4v) is 2.16. The Bertz CT molecular complexity index is 339. The molecular weight excluding hydrogens is 267 g/mol. The first kappa shape index (κ1) is 11.5. The number of benzene rings is 1. The third kappa shape index (κ3) is 3.00. The zero-order valence-corrected chi connectivity index (χ0v) is 9.81. The third-order valence-corrected chi connectivity index (χ3v) is 3.22. The molecule has 0 atom stereocenters. The summed E-state index contributed by atoms with van der Waals surface area (Å²) in [6, 6.07) is 5.71. The smallest absolute Gasteiger partial charge is 0.303 e. The highest BCUT2D eigenvalue weighted by atomic mass is 79.9. The van der Waals surface area contributed by atoms with E-state index in [4.69, 9.17) is 16.7 Å². The molecule has 0 unspecified atom stereocenters. The molecule has 0 bridgehead atoms. The maximum absolute atomic E-state index is 10.4. The number of carboxylic acid groups (broad SMARTS) is 1. The maximum Gasteiger partial charge on any atom is 0.303 e. The van der Waals surface area contributed by atoms with Crippen LogP contribution in [0.1, 0.15) is 17.5 Å². The molecule has 0 aliphatic rings. The normalized spacial score (nSPS) is 10.1. The summed E-state index contributed by atoms with van der Waals surface area (Å²) in [5.74, 6) is -0.352. The van der Waals surface area contributed by atoms with Gasteiger partial charge < -0.3 is 5.11 Å². The van der Waals surface area contributed by atoms with Crippen LogP contribution in [0.2, 0.25) is 0 Å². The number of hydrogen-bond acceptors (Lipinski definition) is 1. The second-order valence-corrected chi connectivity index (χ2v) is 3.98. The fourth-order valence-electron chi connectivity index (χ4n) is 1.17. The SMILES string of the molecule is O=C(O)CCc1cccc(CCl)c1Br. The highest BCUT2D eigenvalue weighted by Crippen LogP contribution is 2.24. The Kier molecular flexibility index (Phi) is 4.42. The zero-order valence-electron chi connectivity index (χ0n) is 7.46. The van der Waals surface area contributed by atoms with Crippen molar-refractivity contribution in [3.8, 4) is 0 Å². The second-order valence-electron chi connectivity index (χ2n) is 2.92. The van der Waals surface area contributed by atoms with Crippen molar-refractivity contribution in [1.29, 1.82) is 0 Å². The van der Waals surface area contributed by atoms with Gasteiger partial charge in [0.1, 0.15) is 0 Å². The maximum atomic E-state index is 10.4. The van der Waals surface area contributed by atoms with Gasteiger partial charge in [0.05, 0.1) is 0 Å². The Hall–Kier alpha value is -0.540. The van der Waals surface area contributed by atoms with Gasteiger partial charge in [0.25, 0.3) is 0 Å². The van der Waals surface area contributed by atoms with Crippen LogP contribution >= 0.6 is 27.5 Å². The summed E-state index contributed by atoms with van der Waals surface area (Å²) in [6.07, 6.45) is 0.672. The van der Waals surface area contributed by atoms with E-state index in [2.05, 4.69) is 15.9 Å². The predicted octanol–water partition coefficient (Wildman–Crippen LogP) is 3.21. The number of alkyl halides is 1. The van der Waals surface area contributed by atoms with Crippen LogP contribution < -0.4 is 0 Å². The van der Waals surface area contributed by atoms with E-state index in [1.165, 1.54) is 0 Å². The Morgan fingerprint density at radius 1 is 1.43 bits per heavy atom. The largest absolute Gasteiger partial charge is 0.481 e. The van der Waals surface area contributed by atoms with E-state index in [0.29, 0.717) is 12.3 Å².